The fourth-order valence-electron chi connectivity index (χ4n) is 3.77. The largest absolute Gasteiger partial charge is 0.341 e. The summed E-state index contributed by atoms with van der Waals surface area (Å²) in [4.78, 5) is 14.6. The Hall–Kier alpha value is -0.570. The number of hydrogen-bond acceptors (Lipinski definition) is 2. The van der Waals surface area contributed by atoms with Crippen molar-refractivity contribution in [2.45, 2.75) is 76.3 Å². The Labute approximate surface area is 111 Å². The predicted molar refractivity (Wildman–Crippen MR) is 74.2 cm³/mol. The molecule has 2 unspecified atom stereocenters. The number of hydrogen-bond donors (Lipinski definition) is 1. The molecule has 0 saturated heterocycles. The van der Waals surface area contributed by atoms with Crippen LogP contribution in [0.5, 0.6) is 0 Å². The molecule has 0 spiro atoms. The first-order chi connectivity index (χ1) is 8.53. The molecule has 2 aliphatic carbocycles. The summed E-state index contributed by atoms with van der Waals surface area (Å²) in [5, 5.41) is 0. The van der Waals surface area contributed by atoms with E-state index < -0.39 is 5.54 Å². The smallest absolute Gasteiger partial charge is 0.242 e. The lowest BCUT2D eigenvalue weighted by Gasteiger charge is -2.41. The molecule has 2 N–H and O–H groups in total. The van der Waals surface area contributed by atoms with E-state index in [1.54, 1.807) is 0 Å². The molecule has 1 amide bonds. The van der Waals surface area contributed by atoms with Crippen LogP contribution in [0.4, 0.5) is 0 Å². The normalized spacial score (nSPS) is 34.3. The number of likely N-dealkylation sites (N-methyl/N-ethyl adjacent to an activating group) is 1. The maximum absolute atomic E-state index is 12.7. The molecule has 0 radical (unpaired) electrons. The van der Waals surface area contributed by atoms with Crippen molar-refractivity contribution in [1.82, 2.24) is 4.90 Å². The van der Waals surface area contributed by atoms with Crippen molar-refractivity contribution < 1.29 is 4.79 Å². The van der Waals surface area contributed by atoms with Crippen LogP contribution in [0.15, 0.2) is 0 Å². The molecule has 2 saturated carbocycles. The molecule has 0 heterocycles. The highest BCUT2D eigenvalue weighted by atomic mass is 16.2. The molecule has 18 heavy (non-hydrogen) atoms. The lowest BCUT2D eigenvalue weighted by Crippen LogP contribution is -2.58. The Kier molecular flexibility index (Phi) is 4.31. The molecule has 0 aromatic rings. The van der Waals surface area contributed by atoms with E-state index in [1.165, 1.54) is 25.7 Å². The second kappa shape index (κ2) is 5.60. The monoisotopic (exact) mass is 252 g/mol. The summed E-state index contributed by atoms with van der Waals surface area (Å²) in [5.74, 6) is 0.786. The summed E-state index contributed by atoms with van der Waals surface area (Å²) in [7, 11) is 1.96. The highest BCUT2D eigenvalue weighted by Gasteiger charge is 2.41. The van der Waals surface area contributed by atoms with Gasteiger partial charge >= 0.3 is 0 Å². The van der Waals surface area contributed by atoms with Crippen LogP contribution >= 0.6 is 0 Å². The van der Waals surface area contributed by atoms with Crippen LogP contribution in [-0.2, 0) is 4.79 Å². The predicted octanol–water partition coefficient (Wildman–Crippen LogP) is 2.69. The third-order valence-corrected chi connectivity index (χ3v) is 4.90. The number of amides is 1. The number of carbonyl (C=O) groups is 1. The minimum Gasteiger partial charge on any atom is -0.341 e. The molecule has 0 aromatic carbocycles. The third-order valence-electron chi connectivity index (χ3n) is 4.90. The van der Waals surface area contributed by atoms with Crippen molar-refractivity contribution in [3.8, 4) is 0 Å². The zero-order valence-corrected chi connectivity index (χ0v) is 12.0. The molecule has 0 aromatic heterocycles. The average Bonchev–Trinajstić information content (AvgIpc) is 2.38. The topological polar surface area (TPSA) is 46.3 Å². The van der Waals surface area contributed by atoms with Crippen LogP contribution < -0.4 is 5.73 Å². The fraction of sp³-hybridized carbons (Fsp3) is 0.933. The van der Waals surface area contributed by atoms with E-state index in [-0.39, 0.29) is 5.91 Å². The van der Waals surface area contributed by atoms with Crippen molar-refractivity contribution in [3.63, 3.8) is 0 Å². The van der Waals surface area contributed by atoms with Crippen LogP contribution in [0.2, 0.25) is 0 Å². The number of nitrogens with two attached hydrogens (primary N) is 1. The van der Waals surface area contributed by atoms with Gasteiger partial charge in [-0.05, 0) is 31.6 Å². The van der Waals surface area contributed by atoms with Crippen molar-refractivity contribution in [1.29, 1.82) is 0 Å². The summed E-state index contributed by atoms with van der Waals surface area (Å²) >= 11 is 0. The summed E-state index contributed by atoms with van der Waals surface area (Å²) in [6, 6.07) is 0.434. The SMILES string of the molecule is CC1CCCC(N)(C(=O)N(C)C2CCCCC2)C1. The Balaban J connectivity index is 2.00. The summed E-state index contributed by atoms with van der Waals surface area (Å²) < 4.78 is 0. The van der Waals surface area contributed by atoms with E-state index in [0.29, 0.717) is 12.0 Å². The molecular weight excluding hydrogens is 224 g/mol. The molecule has 3 heteroatoms. The lowest BCUT2D eigenvalue weighted by atomic mass is 9.76. The first-order valence-corrected chi connectivity index (χ1v) is 7.59. The number of nitrogens with zero attached hydrogens (tertiary/aromatic N) is 1. The maximum atomic E-state index is 12.7. The van der Waals surface area contributed by atoms with Gasteiger partial charge in [0.25, 0.3) is 0 Å². The van der Waals surface area contributed by atoms with Gasteiger partial charge in [-0.15, -0.1) is 0 Å². The van der Waals surface area contributed by atoms with E-state index in [2.05, 4.69) is 6.92 Å². The van der Waals surface area contributed by atoms with Crippen LogP contribution in [0.25, 0.3) is 0 Å². The molecule has 104 valence electrons. The highest BCUT2D eigenvalue weighted by Crippen LogP contribution is 2.33. The maximum Gasteiger partial charge on any atom is 0.242 e. The van der Waals surface area contributed by atoms with Gasteiger partial charge in [0.05, 0.1) is 5.54 Å². The van der Waals surface area contributed by atoms with Crippen LogP contribution in [-0.4, -0.2) is 29.4 Å². The third kappa shape index (κ3) is 2.87. The van der Waals surface area contributed by atoms with E-state index in [0.717, 1.165) is 32.1 Å². The minimum absolute atomic E-state index is 0.195. The van der Waals surface area contributed by atoms with Gasteiger partial charge in [0.1, 0.15) is 0 Å². The van der Waals surface area contributed by atoms with Gasteiger partial charge in [0.2, 0.25) is 5.91 Å². The number of rotatable bonds is 2. The summed E-state index contributed by atoms with van der Waals surface area (Å²) in [6.45, 7) is 2.22. The van der Waals surface area contributed by atoms with Gasteiger partial charge in [-0.3, -0.25) is 4.79 Å². The van der Waals surface area contributed by atoms with Crippen molar-refractivity contribution in [3.05, 3.63) is 0 Å². The zero-order chi connectivity index (χ0) is 13.2. The average molecular weight is 252 g/mol. The van der Waals surface area contributed by atoms with E-state index in [9.17, 15) is 4.79 Å². The zero-order valence-electron chi connectivity index (χ0n) is 12.0. The first kappa shape index (κ1) is 13.9. The summed E-state index contributed by atoms with van der Waals surface area (Å²) in [6.07, 6.45) is 10.2. The molecule has 0 aliphatic heterocycles. The van der Waals surface area contributed by atoms with Gasteiger partial charge in [-0.25, -0.2) is 0 Å². The van der Waals surface area contributed by atoms with Gasteiger partial charge in [-0.2, -0.15) is 0 Å². The van der Waals surface area contributed by atoms with Crippen molar-refractivity contribution in [2.24, 2.45) is 11.7 Å². The van der Waals surface area contributed by atoms with Crippen LogP contribution in [0.1, 0.15) is 64.7 Å². The highest BCUT2D eigenvalue weighted by molar-refractivity contribution is 5.86. The van der Waals surface area contributed by atoms with Crippen molar-refractivity contribution >= 4 is 5.91 Å². The molecule has 2 fully saturated rings. The van der Waals surface area contributed by atoms with Crippen LogP contribution in [0, 0.1) is 5.92 Å². The van der Waals surface area contributed by atoms with Gasteiger partial charge in [-0.1, -0.05) is 39.0 Å². The molecule has 2 rings (SSSR count). The van der Waals surface area contributed by atoms with Gasteiger partial charge in [0, 0.05) is 13.1 Å². The van der Waals surface area contributed by atoms with Crippen LogP contribution in [0.3, 0.4) is 0 Å². The van der Waals surface area contributed by atoms with Crippen molar-refractivity contribution in [2.75, 3.05) is 7.05 Å². The lowest BCUT2D eigenvalue weighted by molar-refractivity contribution is -0.140. The standard InChI is InChI=1S/C15H28N2O/c1-12-7-6-10-15(16,11-12)14(18)17(2)13-8-4-3-5-9-13/h12-13H,3-11,16H2,1-2H3. The Bertz CT molecular complexity index is 299. The molecule has 2 atom stereocenters. The fourth-order valence-corrected chi connectivity index (χ4v) is 3.77. The van der Waals surface area contributed by atoms with Gasteiger partial charge in [0.15, 0.2) is 0 Å². The molecular formula is C15H28N2O. The molecule has 2 aliphatic rings. The number of carbonyl (C=O) groups excluding carboxylic acids is 1. The second-order valence-corrected chi connectivity index (χ2v) is 6.57. The second-order valence-electron chi connectivity index (χ2n) is 6.57. The summed E-state index contributed by atoms with van der Waals surface area (Å²) in [5.41, 5.74) is 5.83. The quantitative estimate of drug-likeness (QED) is 0.821. The minimum atomic E-state index is -0.580. The van der Waals surface area contributed by atoms with E-state index in [1.807, 2.05) is 11.9 Å². The Morgan fingerprint density at radius 2 is 1.83 bits per heavy atom. The molecule has 3 nitrogen and oxygen atoms in total. The van der Waals surface area contributed by atoms with Gasteiger partial charge < -0.3 is 10.6 Å². The van der Waals surface area contributed by atoms with E-state index >= 15 is 0 Å². The first-order valence-electron chi connectivity index (χ1n) is 7.59. The Morgan fingerprint density at radius 3 is 2.44 bits per heavy atom. The Morgan fingerprint density at radius 1 is 1.17 bits per heavy atom. The molecule has 0 bridgehead atoms. The van der Waals surface area contributed by atoms with E-state index in [4.69, 9.17) is 5.73 Å².